The standard InChI is InChI=1S/C8H12BrN3O2S/c1-2-5-11-15(13,14)12-7-4-3-6-10-8(7)9/h3-4,6,11-12H,2,5H2,1H3. The quantitative estimate of drug-likeness (QED) is 0.808. The summed E-state index contributed by atoms with van der Waals surface area (Å²) in [5.74, 6) is 0. The van der Waals surface area contributed by atoms with Crippen molar-refractivity contribution in [2.24, 2.45) is 0 Å². The Labute approximate surface area is 97.6 Å². The van der Waals surface area contributed by atoms with Gasteiger partial charge in [-0.3, -0.25) is 4.72 Å². The van der Waals surface area contributed by atoms with Crippen molar-refractivity contribution in [1.29, 1.82) is 0 Å². The van der Waals surface area contributed by atoms with Crippen molar-refractivity contribution < 1.29 is 8.42 Å². The van der Waals surface area contributed by atoms with Crippen molar-refractivity contribution in [2.45, 2.75) is 13.3 Å². The summed E-state index contributed by atoms with van der Waals surface area (Å²) in [5, 5.41) is 0. The molecule has 0 atom stereocenters. The van der Waals surface area contributed by atoms with Crippen LogP contribution in [0.2, 0.25) is 0 Å². The smallest absolute Gasteiger partial charge is 0.268 e. The molecular weight excluding hydrogens is 282 g/mol. The van der Waals surface area contributed by atoms with Gasteiger partial charge in [-0.1, -0.05) is 6.92 Å². The zero-order valence-electron chi connectivity index (χ0n) is 8.20. The molecule has 0 fully saturated rings. The van der Waals surface area contributed by atoms with Crippen molar-refractivity contribution in [3.05, 3.63) is 22.9 Å². The van der Waals surface area contributed by atoms with E-state index in [2.05, 4.69) is 30.4 Å². The molecule has 5 nitrogen and oxygen atoms in total. The topological polar surface area (TPSA) is 71.1 Å². The molecule has 0 aliphatic rings. The Balaban J connectivity index is 2.74. The van der Waals surface area contributed by atoms with E-state index in [-0.39, 0.29) is 0 Å². The molecule has 1 heterocycles. The van der Waals surface area contributed by atoms with Crippen molar-refractivity contribution in [3.63, 3.8) is 0 Å². The first-order chi connectivity index (χ1) is 7.05. The number of pyridine rings is 1. The Hall–Kier alpha value is -0.660. The summed E-state index contributed by atoms with van der Waals surface area (Å²) in [7, 11) is -3.49. The predicted molar refractivity (Wildman–Crippen MR) is 62.8 cm³/mol. The number of nitrogens with zero attached hydrogens (tertiary/aromatic N) is 1. The van der Waals surface area contributed by atoms with Gasteiger partial charge in [0, 0.05) is 12.7 Å². The van der Waals surface area contributed by atoms with Crippen LogP contribution >= 0.6 is 15.9 Å². The first-order valence-electron chi connectivity index (χ1n) is 4.43. The molecule has 0 spiro atoms. The van der Waals surface area contributed by atoms with E-state index >= 15 is 0 Å². The number of aromatic nitrogens is 1. The summed E-state index contributed by atoms with van der Waals surface area (Å²) < 4.78 is 28.1. The van der Waals surface area contributed by atoms with Gasteiger partial charge in [-0.2, -0.15) is 13.1 Å². The molecule has 0 saturated heterocycles. The molecule has 7 heteroatoms. The van der Waals surface area contributed by atoms with E-state index in [9.17, 15) is 8.42 Å². The van der Waals surface area contributed by atoms with Gasteiger partial charge >= 0.3 is 0 Å². The number of anilines is 1. The summed E-state index contributed by atoms with van der Waals surface area (Å²) in [6.45, 7) is 2.30. The normalized spacial score (nSPS) is 11.3. The van der Waals surface area contributed by atoms with Crippen LogP contribution in [-0.2, 0) is 10.2 Å². The molecule has 1 aromatic heterocycles. The minimum absolute atomic E-state index is 0.410. The molecule has 0 aliphatic heterocycles. The third-order valence-corrected chi connectivity index (χ3v) is 3.25. The fraction of sp³-hybridized carbons (Fsp3) is 0.375. The van der Waals surface area contributed by atoms with Gasteiger partial charge in [-0.05, 0) is 34.5 Å². The number of halogens is 1. The highest BCUT2D eigenvalue weighted by Crippen LogP contribution is 2.18. The first kappa shape index (κ1) is 12.4. The lowest BCUT2D eigenvalue weighted by molar-refractivity contribution is 0.586. The molecule has 1 aromatic rings. The number of hydrogen-bond donors (Lipinski definition) is 2. The SMILES string of the molecule is CCCNS(=O)(=O)Nc1cccnc1Br. The van der Waals surface area contributed by atoms with E-state index < -0.39 is 10.2 Å². The Morgan fingerprint density at radius 2 is 2.27 bits per heavy atom. The van der Waals surface area contributed by atoms with Crippen molar-refractivity contribution in [1.82, 2.24) is 9.71 Å². The third-order valence-electron chi connectivity index (χ3n) is 1.55. The molecule has 1 rings (SSSR count). The van der Waals surface area contributed by atoms with Crippen molar-refractivity contribution >= 4 is 31.8 Å². The van der Waals surface area contributed by atoms with Crippen molar-refractivity contribution in [3.8, 4) is 0 Å². The lowest BCUT2D eigenvalue weighted by atomic mass is 10.4. The van der Waals surface area contributed by atoms with Gasteiger partial charge in [-0.15, -0.1) is 0 Å². The first-order valence-corrected chi connectivity index (χ1v) is 6.70. The van der Waals surface area contributed by atoms with Crippen LogP contribution < -0.4 is 9.44 Å². The monoisotopic (exact) mass is 293 g/mol. The van der Waals surface area contributed by atoms with E-state index in [1.54, 1.807) is 18.3 Å². The molecule has 2 N–H and O–H groups in total. The zero-order valence-corrected chi connectivity index (χ0v) is 10.6. The summed E-state index contributed by atoms with van der Waals surface area (Å²) in [4.78, 5) is 3.91. The zero-order chi connectivity index (χ0) is 11.3. The minimum atomic E-state index is -3.49. The second kappa shape index (κ2) is 5.43. The summed E-state index contributed by atoms with van der Waals surface area (Å²) in [5.41, 5.74) is 0.418. The summed E-state index contributed by atoms with van der Waals surface area (Å²) >= 11 is 3.15. The average Bonchev–Trinajstić information content (AvgIpc) is 2.18. The molecule has 0 unspecified atom stereocenters. The van der Waals surface area contributed by atoms with Gasteiger partial charge < -0.3 is 0 Å². The fourth-order valence-electron chi connectivity index (χ4n) is 0.879. The van der Waals surface area contributed by atoms with E-state index in [1.807, 2.05) is 6.92 Å². The van der Waals surface area contributed by atoms with E-state index in [0.29, 0.717) is 16.8 Å². The molecule has 15 heavy (non-hydrogen) atoms. The predicted octanol–water partition coefficient (Wildman–Crippen LogP) is 1.50. The summed E-state index contributed by atoms with van der Waals surface area (Å²) in [6, 6.07) is 3.28. The Morgan fingerprint density at radius 3 is 2.87 bits per heavy atom. The fourth-order valence-corrected chi connectivity index (χ4v) is 2.36. The van der Waals surface area contributed by atoms with Gasteiger partial charge in [0.05, 0.1) is 5.69 Å². The van der Waals surface area contributed by atoms with Crippen LogP contribution in [0, 0.1) is 0 Å². The van der Waals surface area contributed by atoms with Gasteiger partial charge in [0.15, 0.2) is 0 Å². The van der Waals surface area contributed by atoms with Gasteiger partial charge in [0.2, 0.25) is 0 Å². The summed E-state index contributed by atoms with van der Waals surface area (Å²) in [6.07, 6.45) is 2.32. The second-order valence-electron chi connectivity index (χ2n) is 2.84. The maximum Gasteiger partial charge on any atom is 0.299 e. The maximum absolute atomic E-state index is 11.4. The number of nitrogens with one attached hydrogen (secondary N) is 2. The molecule has 0 aliphatic carbocycles. The molecule has 0 aromatic carbocycles. The molecule has 0 amide bonds. The van der Waals surface area contributed by atoms with Crippen molar-refractivity contribution in [2.75, 3.05) is 11.3 Å². The van der Waals surface area contributed by atoms with E-state index in [0.717, 1.165) is 6.42 Å². The number of rotatable bonds is 5. The number of hydrogen-bond acceptors (Lipinski definition) is 3. The minimum Gasteiger partial charge on any atom is -0.268 e. The average molecular weight is 294 g/mol. The molecular formula is C8H12BrN3O2S. The van der Waals surface area contributed by atoms with Gasteiger partial charge in [-0.25, -0.2) is 4.98 Å². The highest BCUT2D eigenvalue weighted by Gasteiger charge is 2.10. The Bertz CT molecular complexity index is 422. The van der Waals surface area contributed by atoms with E-state index in [4.69, 9.17) is 0 Å². The molecule has 0 saturated carbocycles. The van der Waals surface area contributed by atoms with E-state index in [1.165, 1.54) is 0 Å². The van der Waals surface area contributed by atoms with Gasteiger partial charge in [0.25, 0.3) is 10.2 Å². The largest absolute Gasteiger partial charge is 0.299 e. The third kappa shape index (κ3) is 4.15. The van der Waals surface area contributed by atoms with Crippen LogP contribution in [0.15, 0.2) is 22.9 Å². The van der Waals surface area contributed by atoms with Crippen LogP contribution in [0.1, 0.15) is 13.3 Å². The molecule has 84 valence electrons. The second-order valence-corrected chi connectivity index (χ2v) is 5.09. The van der Waals surface area contributed by atoms with Gasteiger partial charge in [0.1, 0.15) is 4.60 Å². The maximum atomic E-state index is 11.4. The molecule has 0 bridgehead atoms. The van der Waals surface area contributed by atoms with Crippen LogP contribution in [0.25, 0.3) is 0 Å². The molecule has 0 radical (unpaired) electrons. The van der Waals surface area contributed by atoms with Crippen LogP contribution in [-0.4, -0.2) is 19.9 Å². The lowest BCUT2D eigenvalue weighted by Crippen LogP contribution is -2.30. The highest BCUT2D eigenvalue weighted by molar-refractivity contribution is 9.10. The van der Waals surface area contributed by atoms with Crippen LogP contribution in [0.5, 0.6) is 0 Å². The highest BCUT2D eigenvalue weighted by atomic mass is 79.9. The van der Waals surface area contributed by atoms with Crippen LogP contribution in [0.4, 0.5) is 5.69 Å². The Kier molecular flexibility index (Phi) is 4.49. The lowest BCUT2D eigenvalue weighted by Gasteiger charge is -2.09. The van der Waals surface area contributed by atoms with Crippen LogP contribution in [0.3, 0.4) is 0 Å². The Morgan fingerprint density at radius 1 is 1.53 bits per heavy atom.